The molecule has 15 heteroatoms. The summed E-state index contributed by atoms with van der Waals surface area (Å²) in [6.07, 6.45) is -6.12. The Balaban J connectivity index is 0.00000392. The summed E-state index contributed by atoms with van der Waals surface area (Å²) in [6, 6.07) is 4.28. The van der Waals surface area contributed by atoms with Crippen molar-refractivity contribution < 1.29 is 93.8 Å². The van der Waals surface area contributed by atoms with Gasteiger partial charge in [-0.25, -0.2) is 0 Å². The van der Waals surface area contributed by atoms with Crippen LogP contribution in [0.5, 0.6) is 0 Å². The van der Waals surface area contributed by atoms with Crippen LogP contribution in [-0.2, 0) is 19.4 Å². The second-order valence-electron chi connectivity index (χ2n) is 5.30. The van der Waals surface area contributed by atoms with Crippen LogP contribution in [0.1, 0.15) is 5.56 Å². The summed E-state index contributed by atoms with van der Waals surface area (Å²) in [5.41, 5.74) is -1.28. The Morgan fingerprint density at radius 2 is 1.89 bits per heavy atom. The van der Waals surface area contributed by atoms with E-state index in [1.54, 1.807) is 0 Å². The molecule has 1 saturated heterocycles. The quantitative estimate of drug-likeness (QED) is 0.0798. The first-order chi connectivity index (χ1) is 12.5. The minimum atomic E-state index is -5.20. The maximum atomic E-state index is 10.7. The molecule has 4 N–H and O–H groups in total. The van der Waals surface area contributed by atoms with Crippen molar-refractivity contribution in [3.05, 3.63) is 33.8 Å². The maximum absolute atomic E-state index is 10.7. The second-order valence-corrected chi connectivity index (χ2v) is 8.13. The number of oxime groups is 1. The number of thioether (sulfide) groups is 1. The van der Waals surface area contributed by atoms with Gasteiger partial charge in [0.15, 0.2) is 0 Å². The number of aliphatic hydroxyl groups is 4. The van der Waals surface area contributed by atoms with Gasteiger partial charge in [-0.05, 0) is 6.07 Å². The van der Waals surface area contributed by atoms with Crippen molar-refractivity contribution in [1.29, 1.82) is 0 Å². The van der Waals surface area contributed by atoms with Crippen LogP contribution >= 0.6 is 35.0 Å². The second kappa shape index (κ2) is 11.5. The van der Waals surface area contributed by atoms with Gasteiger partial charge in [-0.1, -0.05) is 52.3 Å². The zero-order chi connectivity index (χ0) is 20.4. The number of hydrogen-bond donors (Lipinski definition) is 4. The van der Waals surface area contributed by atoms with E-state index in [1.165, 1.54) is 18.2 Å². The fraction of sp³-hybridized carbons (Fsp3) is 0.462. The predicted octanol–water partition coefficient (Wildman–Crippen LogP) is -3.33. The van der Waals surface area contributed by atoms with Crippen molar-refractivity contribution in [3.63, 3.8) is 0 Å². The van der Waals surface area contributed by atoms with Gasteiger partial charge >= 0.3 is 51.4 Å². The van der Waals surface area contributed by atoms with E-state index in [2.05, 4.69) is 9.44 Å². The maximum Gasteiger partial charge on any atom is 1.00 e. The predicted molar refractivity (Wildman–Crippen MR) is 95.1 cm³/mol. The molecule has 0 unspecified atom stereocenters. The van der Waals surface area contributed by atoms with Crippen LogP contribution < -0.4 is 51.4 Å². The molecular weight excluding hydrogens is 488 g/mol. The summed E-state index contributed by atoms with van der Waals surface area (Å²) < 4.78 is 41.4. The van der Waals surface area contributed by atoms with E-state index in [9.17, 15) is 33.4 Å². The van der Waals surface area contributed by atoms with Gasteiger partial charge in [-0.15, -0.1) is 0 Å². The Morgan fingerprint density at radius 1 is 1.25 bits per heavy atom. The Kier molecular flexibility index (Phi) is 11.1. The van der Waals surface area contributed by atoms with E-state index in [-0.39, 0.29) is 72.0 Å². The summed E-state index contributed by atoms with van der Waals surface area (Å²) in [5.74, 6) is 0. The Bertz CT molecular complexity index is 811. The SMILES string of the molecule is O=S(=O)([O-])O/N=C(\S[C@H]1O[C@H](CO)[C@@H](O)[C@H](O)[C@H]1O)c1cccc(Cl)c1Cl.[K+]. The first-order valence-corrected chi connectivity index (χ1v) is 10.2. The number of rotatable bonds is 5. The first kappa shape index (κ1) is 27.0. The van der Waals surface area contributed by atoms with E-state index >= 15 is 0 Å². The van der Waals surface area contributed by atoms with Crippen molar-refractivity contribution in [2.75, 3.05) is 6.61 Å². The molecule has 0 aromatic heterocycles. The van der Waals surface area contributed by atoms with Crippen LogP contribution in [0.15, 0.2) is 23.4 Å². The molecule has 0 spiro atoms. The summed E-state index contributed by atoms with van der Waals surface area (Å²) in [5, 5.41) is 41.9. The average molecular weight is 502 g/mol. The average Bonchev–Trinajstić information content (AvgIpc) is 2.60. The zero-order valence-electron chi connectivity index (χ0n) is 14.2. The van der Waals surface area contributed by atoms with Crippen molar-refractivity contribution in [1.82, 2.24) is 0 Å². The van der Waals surface area contributed by atoms with Gasteiger partial charge in [0.05, 0.1) is 16.7 Å². The fourth-order valence-corrected chi connectivity index (χ4v) is 3.91. The van der Waals surface area contributed by atoms with E-state index in [0.29, 0.717) is 11.8 Å². The molecule has 1 aromatic carbocycles. The largest absolute Gasteiger partial charge is 1.00 e. The molecule has 10 nitrogen and oxygen atoms in total. The Labute approximate surface area is 217 Å². The van der Waals surface area contributed by atoms with Crippen LogP contribution in [0.4, 0.5) is 0 Å². The van der Waals surface area contributed by atoms with Gasteiger partial charge in [0, 0.05) is 5.56 Å². The van der Waals surface area contributed by atoms with Crippen molar-refractivity contribution in [3.8, 4) is 0 Å². The monoisotopic (exact) mass is 501 g/mol. The van der Waals surface area contributed by atoms with Crippen LogP contribution in [0.25, 0.3) is 0 Å². The van der Waals surface area contributed by atoms with Crippen LogP contribution in [0.2, 0.25) is 10.0 Å². The molecule has 0 radical (unpaired) electrons. The smallest absolute Gasteiger partial charge is 0.714 e. The summed E-state index contributed by atoms with van der Waals surface area (Å²) in [7, 11) is -5.20. The number of benzene rings is 1. The topological polar surface area (TPSA) is 169 Å². The van der Waals surface area contributed by atoms with Crippen molar-refractivity contribution >= 4 is 50.4 Å². The van der Waals surface area contributed by atoms with Crippen LogP contribution in [0.3, 0.4) is 0 Å². The van der Waals surface area contributed by atoms with E-state index in [0.717, 1.165) is 0 Å². The molecular formula is C13H14Cl2KNO9S2. The number of aliphatic hydroxyl groups excluding tert-OH is 4. The molecule has 28 heavy (non-hydrogen) atoms. The zero-order valence-corrected chi connectivity index (χ0v) is 20.4. The summed E-state index contributed by atoms with van der Waals surface area (Å²) >= 11 is 12.5. The molecule has 1 aliphatic rings. The number of nitrogens with zero attached hydrogens (tertiary/aromatic N) is 1. The number of ether oxygens (including phenoxy) is 1. The molecule has 1 aromatic rings. The van der Waals surface area contributed by atoms with Gasteiger partial charge in [0.25, 0.3) is 10.4 Å². The number of halogens is 2. The molecule has 0 aliphatic carbocycles. The summed E-state index contributed by atoms with van der Waals surface area (Å²) in [4.78, 5) is 0. The summed E-state index contributed by atoms with van der Waals surface area (Å²) in [6.45, 7) is -0.669. The third kappa shape index (κ3) is 7.00. The molecule has 2 rings (SSSR count). The fourth-order valence-electron chi connectivity index (χ4n) is 2.16. The standard InChI is InChI=1S/C13H15Cl2NO9S2.K/c14-6-3-1-2-5(8(6)15)12(16-25-27(21,22)23)26-13-11(20)10(19)9(18)7(4-17)24-13;/h1-3,7,9-11,13,17-20H,4H2,(H,21,22,23);/q;+1/p-1/b16-12-;/t7-,9-,10+,11-,13-;/m1./s1. The molecule has 1 aliphatic heterocycles. The Morgan fingerprint density at radius 3 is 2.46 bits per heavy atom. The molecule has 0 saturated carbocycles. The number of hydrogen-bond acceptors (Lipinski definition) is 11. The van der Waals surface area contributed by atoms with Gasteiger partial charge in [0.2, 0.25) is 0 Å². The normalized spacial score (nSPS) is 28.5. The van der Waals surface area contributed by atoms with Crippen LogP contribution in [-0.4, -0.2) is 74.9 Å². The van der Waals surface area contributed by atoms with Gasteiger partial charge in [-0.2, -0.15) is 8.42 Å². The van der Waals surface area contributed by atoms with Crippen molar-refractivity contribution in [2.24, 2.45) is 5.16 Å². The molecule has 0 bridgehead atoms. The first-order valence-electron chi connectivity index (χ1n) is 7.19. The van der Waals surface area contributed by atoms with Gasteiger partial charge < -0.3 is 29.7 Å². The van der Waals surface area contributed by atoms with E-state index in [1.807, 2.05) is 0 Å². The molecule has 1 fully saturated rings. The van der Waals surface area contributed by atoms with E-state index in [4.69, 9.17) is 27.9 Å². The molecule has 152 valence electrons. The van der Waals surface area contributed by atoms with E-state index < -0.39 is 46.9 Å². The molecule has 5 atom stereocenters. The van der Waals surface area contributed by atoms with Gasteiger partial charge in [-0.3, -0.25) is 4.28 Å². The third-order valence-electron chi connectivity index (χ3n) is 3.47. The third-order valence-corrected chi connectivity index (χ3v) is 5.69. The molecule has 1 heterocycles. The minimum absolute atomic E-state index is 0. The van der Waals surface area contributed by atoms with Gasteiger partial charge in [0.1, 0.15) is 34.9 Å². The van der Waals surface area contributed by atoms with Crippen molar-refractivity contribution in [2.45, 2.75) is 29.9 Å². The Hall–Kier alpha value is 0.966. The van der Waals surface area contributed by atoms with Crippen LogP contribution in [0, 0.1) is 0 Å². The molecule has 0 amide bonds. The minimum Gasteiger partial charge on any atom is -0.714 e.